The molecule has 132 valence electrons. The average molecular weight is 390 g/mol. The highest BCUT2D eigenvalue weighted by Crippen LogP contribution is 2.51. The highest BCUT2D eigenvalue weighted by molar-refractivity contribution is 6.42. The van der Waals surface area contributed by atoms with Crippen molar-refractivity contribution >= 4 is 41.5 Å². The van der Waals surface area contributed by atoms with Crippen molar-refractivity contribution in [1.29, 1.82) is 0 Å². The van der Waals surface area contributed by atoms with E-state index in [1.54, 1.807) is 6.07 Å². The van der Waals surface area contributed by atoms with Crippen molar-refractivity contribution in [2.75, 3.05) is 26.2 Å². The highest BCUT2D eigenvalue weighted by Gasteiger charge is 2.47. The van der Waals surface area contributed by atoms with Crippen LogP contribution in [0.5, 0.6) is 0 Å². The molecule has 3 nitrogen and oxygen atoms in total. The minimum Gasteiger partial charge on any atom is -0.342 e. The van der Waals surface area contributed by atoms with Gasteiger partial charge in [0, 0.05) is 19.0 Å². The zero-order valence-electron chi connectivity index (χ0n) is 13.5. The van der Waals surface area contributed by atoms with E-state index in [1.165, 1.54) is 0 Å². The molecule has 3 aliphatic rings. The molecule has 1 aliphatic carbocycles. The molecule has 1 N–H and O–H groups in total. The van der Waals surface area contributed by atoms with E-state index in [4.69, 9.17) is 23.2 Å². The molecule has 6 heteroatoms. The molecule has 2 aliphatic heterocycles. The minimum atomic E-state index is 0. The Bertz CT molecular complexity index is 610. The lowest BCUT2D eigenvalue weighted by atomic mass is 9.92. The van der Waals surface area contributed by atoms with Gasteiger partial charge in [-0.2, -0.15) is 0 Å². The predicted octanol–water partition coefficient (Wildman–Crippen LogP) is 3.98. The molecule has 4 atom stereocenters. The number of hydrogen-bond acceptors (Lipinski definition) is 2. The zero-order valence-corrected chi connectivity index (χ0v) is 15.8. The van der Waals surface area contributed by atoms with Crippen LogP contribution in [-0.4, -0.2) is 37.0 Å². The summed E-state index contributed by atoms with van der Waals surface area (Å²) >= 11 is 12.4. The van der Waals surface area contributed by atoms with Crippen LogP contribution in [0.3, 0.4) is 0 Å². The van der Waals surface area contributed by atoms with E-state index in [0.717, 1.165) is 62.8 Å². The molecule has 0 aromatic heterocycles. The monoisotopic (exact) mass is 388 g/mol. The third-order valence-corrected chi connectivity index (χ3v) is 6.65. The molecule has 24 heavy (non-hydrogen) atoms. The Kier molecular flexibility index (Phi) is 5.65. The number of nitrogens with zero attached hydrogens (tertiary/aromatic N) is 1. The lowest BCUT2D eigenvalue weighted by molar-refractivity contribution is -0.132. The Morgan fingerprint density at radius 2 is 1.79 bits per heavy atom. The van der Waals surface area contributed by atoms with Crippen molar-refractivity contribution in [3.05, 3.63) is 33.8 Å². The minimum absolute atomic E-state index is 0. The first kappa shape index (κ1) is 18.3. The van der Waals surface area contributed by atoms with Gasteiger partial charge in [-0.05, 0) is 61.7 Å². The van der Waals surface area contributed by atoms with E-state index in [-0.39, 0.29) is 24.2 Å². The van der Waals surface area contributed by atoms with Gasteiger partial charge in [-0.3, -0.25) is 4.79 Å². The fraction of sp³-hybridized carbons (Fsp3) is 0.611. The maximum Gasteiger partial charge on any atom is 0.226 e. The number of likely N-dealkylation sites (tertiary alicyclic amines) is 1. The zero-order chi connectivity index (χ0) is 16.0. The van der Waals surface area contributed by atoms with Gasteiger partial charge in [-0.15, -0.1) is 12.4 Å². The summed E-state index contributed by atoms with van der Waals surface area (Å²) in [6.07, 6.45) is 3.18. The fourth-order valence-electron chi connectivity index (χ4n) is 4.29. The number of amides is 1. The molecule has 3 fully saturated rings. The topological polar surface area (TPSA) is 32.3 Å². The standard InChI is InChI=1S/C18H22Cl2N2O.ClH/c19-16-3-1-2-13(17(16)20)14-8-15(14)18(23)22-6-4-11-9-21-10-12(11)5-7-22;/h1-3,11-12,14-15,21H,4-10H2;1H/t11-,12+,14?,15?;. The molecule has 1 aromatic rings. The molecular formula is C18H23Cl3N2O. The first-order valence-corrected chi connectivity index (χ1v) is 9.34. The molecule has 1 saturated carbocycles. The van der Waals surface area contributed by atoms with Crippen LogP contribution in [0.2, 0.25) is 10.0 Å². The number of hydrogen-bond donors (Lipinski definition) is 1. The van der Waals surface area contributed by atoms with Gasteiger partial charge in [0.2, 0.25) is 5.91 Å². The average Bonchev–Trinajstić information content (AvgIpc) is 3.26. The van der Waals surface area contributed by atoms with Crippen molar-refractivity contribution in [1.82, 2.24) is 10.2 Å². The van der Waals surface area contributed by atoms with Crippen LogP contribution in [0.1, 0.15) is 30.7 Å². The number of halogens is 3. The van der Waals surface area contributed by atoms with Gasteiger partial charge in [-0.1, -0.05) is 35.3 Å². The van der Waals surface area contributed by atoms with Crippen LogP contribution >= 0.6 is 35.6 Å². The third-order valence-electron chi connectivity index (χ3n) is 5.82. The van der Waals surface area contributed by atoms with Crippen LogP contribution in [0.4, 0.5) is 0 Å². The van der Waals surface area contributed by atoms with Crippen molar-refractivity contribution in [2.45, 2.75) is 25.2 Å². The second-order valence-electron chi connectivity index (χ2n) is 7.17. The Balaban J connectivity index is 0.00000169. The first-order chi connectivity index (χ1) is 11.1. The molecular weight excluding hydrogens is 367 g/mol. The number of rotatable bonds is 2. The molecule has 2 heterocycles. The van der Waals surface area contributed by atoms with Gasteiger partial charge in [0.1, 0.15) is 0 Å². The lowest BCUT2D eigenvalue weighted by Crippen LogP contribution is -2.34. The normalized spacial score (nSPS) is 31.8. The van der Waals surface area contributed by atoms with Crippen LogP contribution in [0.15, 0.2) is 18.2 Å². The summed E-state index contributed by atoms with van der Waals surface area (Å²) in [4.78, 5) is 14.9. The van der Waals surface area contributed by atoms with Crippen LogP contribution < -0.4 is 5.32 Å². The number of carbonyl (C=O) groups is 1. The maximum absolute atomic E-state index is 12.8. The molecule has 0 spiro atoms. The summed E-state index contributed by atoms with van der Waals surface area (Å²) in [6, 6.07) is 5.72. The number of benzene rings is 1. The lowest BCUT2D eigenvalue weighted by Gasteiger charge is -2.21. The van der Waals surface area contributed by atoms with Crippen LogP contribution in [0, 0.1) is 17.8 Å². The van der Waals surface area contributed by atoms with E-state index in [9.17, 15) is 4.79 Å². The molecule has 0 bridgehead atoms. The highest BCUT2D eigenvalue weighted by atomic mass is 35.5. The molecule has 4 rings (SSSR count). The number of carbonyl (C=O) groups excluding carboxylic acids is 1. The second kappa shape index (κ2) is 7.41. The summed E-state index contributed by atoms with van der Waals surface area (Å²) in [7, 11) is 0. The molecule has 0 radical (unpaired) electrons. The van der Waals surface area contributed by atoms with Crippen LogP contribution in [0.25, 0.3) is 0 Å². The van der Waals surface area contributed by atoms with Gasteiger partial charge >= 0.3 is 0 Å². The summed E-state index contributed by atoms with van der Waals surface area (Å²) in [6.45, 7) is 4.07. The van der Waals surface area contributed by atoms with Gasteiger partial charge in [0.15, 0.2) is 0 Å². The van der Waals surface area contributed by atoms with Gasteiger partial charge in [-0.25, -0.2) is 0 Å². The van der Waals surface area contributed by atoms with Crippen molar-refractivity contribution in [2.24, 2.45) is 17.8 Å². The Morgan fingerprint density at radius 3 is 2.46 bits per heavy atom. The van der Waals surface area contributed by atoms with E-state index in [2.05, 4.69) is 10.2 Å². The molecule has 2 saturated heterocycles. The second-order valence-corrected chi connectivity index (χ2v) is 7.96. The van der Waals surface area contributed by atoms with Crippen molar-refractivity contribution in [3.8, 4) is 0 Å². The van der Waals surface area contributed by atoms with E-state index < -0.39 is 0 Å². The summed E-state index contributed by atoms with van der Waals surface area (Å²) < 4.78 is 0. The smallest absolute Gasteiger partial charge is 0.226 e. The Hall–Kier alpha value is -0.480. The van der Waals surface area contributed by atoms with E-state index >= 15 is 0 Å². The van der Waals surface area contributed by atoms with Gasteiger partial charge in [0.05, 0.1) is 10.0 Å². The van der Waals surface area contributed by atoms with Crippen molar-refractivity contribution < 1.29 is 4.79 Å². The Morgan fingerprint density at radius 1 is 1.12 bits per heavy atom. The van der Waals surface area contributed by atoms with E-state index in [0.29, 0.717) is 16.0 Å². The van der Waals surface area contributed by atoms with Gasteiger partial charge in [0.25, 0.3) is 0 Å². The van der Waals surface area contributed by atoms with Crippen LogP contribution in [-0.2, 0) is 4.79 Å². The van der Waals surface area contributed by atoms with Gasteiger partial charge < -0.3 is 10.2 Å². The fourth-order valence-corrected chi connectivity index (χ4v) is 4.74. The summed E-state index contributed by atoms with van der Waals surface area (Å²) in [5, 5.41) is 4.68. The quantitative estimate of drug-likeness (QED) is 0.830. The van der Waals surface area contributed by atoms with Crippen molar-refractivity contribution in [3.63, 3.8) is 0 Å². The molecule has 1 amide bonds. The predicted molar refractivity (Wildman–Crippen MR) is 100 cm³/mol. The number of fused-ring (bicyclic) bond motifs is 1. The summed E-state index contributed by atoms with van der Waals surface area (Å²) in [5.41, 5.74) is 1.04. The number of nitrogens with one attached hydrogen (secondary N) is 1. The molecule has 1 aromatic carbocycles. The molecule has 2 unspecified atom stereocenters. The Labute approximate surface area is 159 Å². The SMILES string of the molecule is Cl.O=C(C1CC1c1cccc(Cl)c1Cl)N1CC[C@@H]2CNC[C@@H]2CC1. The first-order valence-electron chi connectivity index (χ1n) is 8.58. The maximum atomic E-state index is 12.8. The third kappa shape index (κ3) is 3.41. The van der Waals surface area contributed by atoms with E-state index in [1.807, 2.05) is 12.1 Å². The largest absolute Gasteiger partial charge is 0.342 e. The summed E-state index contributed by atoms with van der Waals surface area (Å²) in [5.74, 6) is 2.18.